The van der Waals surface area contributed by atoms with Gasteiger partial charge in [-0.1, -0.05) is 289 Å². The summed E-state index contributed by atoms with van der Waals surface area (Å²) in [4.78, 5) is 72.9. The molecule has 0 aromatic heterocycles. The Labute approximate surface area is 617 Å². The van der Waals surface area contributed by atoms with Crippen molar-refractivity contribution in [3.8, 4) is 0 Å². The Morgan fingerprint density at radius 2 is 0.529 bits per heavy atom. The van der Waals surface area contributed by atoms with E-state index >= 15 is 0 Å². The lowest BCUT2D eigenvalue weighted by molar-refractivity contribution is -0.161. The van der Waals surface area contributed by atoms with Gasteiger partial charge in [-0.05, 0) is 128 Å². The van der Waals surface area contributed by atoms with Gasteiger partial charge in [0.2, 0.25) is 0 Å². The van der Waals surface area contributed by atoms with Crippen molar-refractivity contribution in [2.75, 3.05) is 39.6 Å². The van der Waals surface area contributed by atoms with Crippen molar-refractivity contribution in [2.24, 2.45) is 0 Å². The van der Waals surface area contributed by atoms with Gasteiger partial charge in [-0.3, -0.25) is 37.3 Å². The topological polar surface area (TPSA) is 237 Å². The zero-order valence-electron chi connectivity index (χ0n) is 63.5. The quantitative estimate of drug-likeness (QED) is 0.0169. The van der Waals surface area contributed by atoms with E-state index in [1.807, 2.05) is 18.2 Å². The Bertz CT molecular complexity index is 2510. The first kappa shape index (κ1) is 96.9. The molecule has 102 heavy (non-hydrogen) atoms. The molecule has 0 aromatic rings. The molecular weight excluding hydrogens is 1330 g/mol. The van der Waals surface area contributed by atoms with Gasteiger partial charge in [0.1, 0.15) is 19.3 Å². The highest BCUT2D eigenvalue weighted by atomic mass is 31.2. The van der Waals surface area contributed by atoms with Crippen LogP contribution in [0.5, 0.6) is 0 Å². The molecule has 0 aromatic carbocycles. The highest BCUT2D eigenvalue weighted by Crippen LogP contribution is 2.45. The molecule has 0 heterocycles. The van der Waals surface area contributed by atoms with Gasteiger partial charge in [0, 0.05) is 25.7 Å². The highest BCUT2D eigenvalue weighted by Gasteiger charge is 2.30. The van der Waals surface area contributed by atoms with Crippen molar-refractivity contribution >= 4 is 39.5 Å². The Hall–Kier alpha value is -5.06. The fourth-order valence-electron chi connectivity index (χ4n) is 9.98. The van der Waals surface area contributed by atoms with Crippen LogP contribution in [-0.4, -0.2) is 96.7 Å². The SMILES string of the molecule is CC/C=C\C/C=C\C/C=C\C/C=C\C/C=C\C/C=C\CCC(=O)OCC(COP(=O)(O)OCC(O)COP(=O)(O)OCC(COC(=O)CCCCCCC/C=C\C/C=C\C/C=C\CC)OC(=O)CCCCCCC/C=C\C/C=C\C/C=C\CC)OC(=O)CCCCCCCCCCCCCCC. The molecule has 0 aliphatic rings. The number of ether oxygens (including phenoxy) is 4. The maximum Gasteiger partial charge on any atom is 0.472 e. The van der Waals surface area contributed by atoms with Gasteiger partial charge in [0.25, 0.3) is 0 Å². The molecule has 0 radical (unpaired) electrons. The zero-order valence-corrected chi connectivity index (χ0v) is 65.3. The van der Waals surface area contributed by atoms with Gasteiger partial charge in [-0.2, -0.15) is 0 Å². The van der Waals surface area contributed by atoms with Crippen LogP contribution < -0.4 is 0 Å². The van der Waals surface area contributed by atoms with E-state index in [9.17, 15) is 43.2 Å². The molecule has 582 valence electrons. The van der Waals surface area contributed by atoms with Gasteiger partial charge >= 0.3 is 39.5 Å². The number of allylic oxidation sites excluding steroid dienone is 24. The van der Waals surface area contributed by atoms with Crippen molar-refractivity contribution in [2.45, 2.75) is 316 Å². The number of carbonyl (C=O) groups excluding carboxylic acids is 4. The summed E-state index contributed by atoms with van der Waals surface area (Å²) in [5.74, 6) is -2.31. The summed E-state index contributed by atoms with van der Waals surface area (Å²) in [6, 6.07) is 0. The van der Waals surface area contributed by atoms with Crippen LogP contribution in [0.2, 0.25) is 0 Å². The summed E-state index contributed by atoms with van der Waals surface area (Å²) >= 11 is 0. The summed E-state index contributed by atoms with van der Waals surface area (Å²) in [5, 5.41) is 10.6. The van der Waals surface area contributed by atoms with E-state index in [1.54, 1.807) is 0 Å². The van der Waals surface area contributed by atoms with Gasteiger partial charge in [-0.25, -0.2) is 9.13 Å². The molecule has 0 amide bonds. The number of aliphatic hydroxyl groups excluding tert-OH is 1. The summed E-state index contributed by atoms with van der Waals surface area (Å²) in [6.07, 6.45) is 84.2. The molecule has 0 bridgehead atoms. The fourth-order valence-corrected chi connectivity index (χ4v) is 11.6. The number of unbranched alkanes of at least 4 members (excludes halogenated alkanes) is 22. The van der Waals surface area contributed by atoms with Crippen LogP contribution in [-0.2, 0) is 65.4 Å². The predicted molar refractivity (Wildman–Crippen MR) is 417 cm³/mol. The number of carbonyl (C=O) groups is 4. The van der Waals surface area contributed by atoms with E-state index in [0.29, 0.717) is 32.1 Å². The molecule has 19 heteroatoms. The second-order valence-corrected chi connectivity index (χ2v) is 28.4. The molecule has 0 fully saturated rings. The second-order valence-electron chi connectivity index (χ2n) is 25.5. The minimum absolute atomic E-state index is 0.0340. The predicted octanol–water partition coefficient (Wildman–Crippen LogP) is 22.7. The Morgan fingerprint density at radius 3 is 0.843 bits per heavy atom. The van der Waals surface area contributed by atoms with Crippen molar-refractivity contribution < 1.29 is 80.2 Å². The average molecular weight is 1470 g/mol. The van der Waals surface area contributed by atoms with E-state index in [4.69, 9.17) is 37.0 Å². The van der Waals surface area contributed by atoms with Crippen LogP contribution in [0.4, 0.5) is 0 Å². The van der Waals surface area contributed by atoms with E-state index in [2.05, 4.69) is 155 Å². The highest BCUT2D eigenvalue weighted by molar-refractivity contribution is 7.47. The van der Waals surface area contributed by atoms with Crippen LogP contribution in [0, 0.1) is 0 Å². The lowest BCUT2D eigenvalue weighted by Crippen LogP contribution is -2.30. The van der Waals surface area contributed by atoms with Crippen LogP contribution in [0.1, 0.15) is 297 Å². The third kappa shape index (κ3) is 73.3. The monoisotopic (exact) mass is 1470 g/mol. The Kier molecular flexibility index (Phi) is 70.5. The van der Waals surface area contributed by atoms with E-state index in [-0.39, 0.29) is 25.7 Å². The fraction of sp³-hybridized carbons (Fsp3) is 0.663. The van der Waals surface area contributed by atoms with E-state index < -0.39 is 97.5 Å². The zero-order chi connectivity index (χ0) is 74.6. The number of esters is 4. The molecule has 0 saturated heterocycles. The largest absolute Gasteiger partial charge is 0.472 e. The Balaban J connectivity index is 5.44. The third-order valence-corrected chi connectivity index (χ3v) is 17.7. The number of aliphatic hydroxyl groups is 1. The van der Waals surface area contributed by atoms with E-state index in [1.165, 1.54) is 51.4 Å². The molecule has 0 saturated carbocycles. The summed E-state index contributed by atoms with van der Waals surface area (Å²) in [7, 11) is -9.99. The van der Waals surface area contributed by atoms with Gasteiger partial charge in [-0.15, -0.1) is 0 Å². The molecule has 5 atom stereocenters. The number of hydrogen-bond donors (Lipinski definition) is 3. The maximum absolute atomic E-state index is 13.1. The van der Waals surface area contributed by atoms with Gasteiger partial charge in [0.15, 0.2) is 12.2 Å². The maximum atomic E-state index is 13.1. The van der Waals surface area contributed by atoms with Gasteiger partial charge < -0.3 is 33.8 Å². The van der Waals surface area contributed by atoms with Crippen LogP contribution in [0.3, 0.4) is 0 Å². The average Bonchev–Trinajstić information content (AvgIpc) is 0.908. The lowest BCUT2D eigenvalue weighted by Gasteiger charge is -2.21. The number of phosphoric acid groups is 2. The minimum atomic E-state index is -5.00. The first-order chi connectivity index (χ1) is 49.7. The first-order valence-corrected chi connectivity index (χ1v) is 42.1. The van der Waals surface area contributed by atoms with Crippen molar-refractivity contribution in [1.82, 2.24) is 0 Å². The second kappa shape index (κ2) is 74.2. The van der Waals surface area contributed by atoms with Crippen LogP contribution in [0.15, 0.2) is 146 Å². The molecule has 0 rings (SSSR count). The molecule has 0 spiro atoms. The van der Waals surface area contributed by atoms with Crippen LogP contribution >= 0.6 is 15.6 Å². The molecule has 17 nitrogen and oxygen atoms in total. The smallest absolute Gasteiger partial charge is 0.462 e. The minimum Gasteiger partial charge on any atom is -0.462 e. The summed E-state index contributed by atoms with van der Waals surface area (Å²) in [5.41, 5.74) is 0. The summed E-state index contributed by atoms with van der Waals surface area (Å²) < 4.78 is 68.4. The van der Waals surface area contributed by atoms with E-state index in [0.717, 1.165) is 161 Å². The molecular formula is C83H138O17P2. The third-order valence-electron chi connectivity index (χ3n) is 15.8. The van der Waals surface area contributed by atoms with Crippen molar-refractivity contribution in [3.63, 3.8) is 0 Å². The van der Waals surface area contributed by atoms with Crippen molar-refractivity contribution in [1.29, 1.82) is 0 Å². The number of hydrogen-bond acceptors (Lipinski definition) is 15. The molecule has 5 unspecified atom stereocenters. The normalized spacial score (nSPS) is 14.7. The molecule has 3 N–H and O–H groups in total. The number of rotatable bonds is 72. The standard InChI is InChI=1S/C83H138O17P2/c1-5-9-13-17-21-25-29-33-36-37-38-39-42-45-48-52-56-60-64-68-81(86)94-73-78(99-82(87)69-65-61-57-53-49-43-32-28-24-20-16-12-8-4)75-97-101(89,90)95-71-77(84)72-96-102(91,92)98-76-79(100-83(88)70-66-62-58-54-50-46-41-35-31-27-23-19-15-11-7-3)74-93-80(85)67-63-59-55-51-47-44-40-34-30-26-22-18-14-10-6-2/h9-11,13-15,21-23,25-27,33-36,38-41,45,48,56,60,77-79,84H,5-8,12,16-20,24,28-32,37,42-44,46-47,49-55,57-59,61-76H2,1-4H3,(H,89,90)(H,91,92)/b13-9-,14-10-,15-11-,25-21-,26-22-,27-23-,36-33-,39-38-,40-34-,41-35-,48-45-,60-56-. The number of phosphoric ester groups is 2. The molecule has 0 aliphatic carbocycles. The van der Waals surface area contributed by atoms with Crippen LogP contribution in [0.25, 0.3) is 0 Å². The molecule has 0 aliphatic heterocycles. The Morgan fingerprint density at radius 1 is 0.284 bits per heavy atom. The lowest BCUT2D eigenvalue weighted by atomic mass is 10.0. The first-order valence-electron chi connectivity index (χ1n) is 39.1. The van der Waals surface area contributed by atoms with Gasteiger partial charge in [0.05, 0.1) is 26.4 Å². The summed E-state index contributed by atoms with van der Waals surface area (Å²) in [6.45, 7) is 4.41. The van der Waals surface area contributed by atoms with Crippen molar-refractivity contribution in [3.05, 3.63) is 146 Å².